The van der Waals surface area contributed by atoms with E-state index in [1.54, 1.807) is 33.9 Å². The number of amides is 3. The zero-order chi connectivity index (χ0) is 35.3. The highest BCUT2D eigenvalue weighted by Crippen LogP contribution is 2.47. The Labute approximate surface area is 286 Å². The molecule has 3 amide bonds. The van der Waals surface area contributed by atoms with E-state index in [1.165, 1.54) is 4.90 Å². The number of aliphatic hydroxyl groups is 1. The largest absolute Gasteiger partial charge is 0.497 e. The van der Waals surface area contributed by atoms with Gasteiger partial charge in [-0.05, 0) is 42.7 Å². The maximum absolute atomic E-state index is 14.1. The van der Waals surface area contributed by atoms with Crippen LogP contribution in [-0.2, 0) is 24.4 Å². The van der Waals surface area contributed by atoms with Crippen LogP contribution in [0.3, 0.4) is 0 Å². The summed E-state index contributed by atoms with van der Waals surface area (Å²) >= 11 is 0. The minimum Gasteiger partial charge on any atom is -0.497 e. The molecule has 262 valence electrons. The van der Waals surface area contributed by atoms with Gasteiger partial charge in [-0.1, -0.05) is 64.4 Å². The smallest absolute Gasteiger partial charge is 0.259 e. The van der Waals surface area contributed by atoms with Crippen LogP contribution in [0.1, 0.15) is 59.8 Å². The number of nitrogens with zero attached hydrogens (tertiary/aromatic N) is 2. The summed E-state index contributed by atoms with van der Waals surface area (Å²) in [6.45, 7) is 7.05. The summed E-state index contributed by atoms with van der Waals surface area (Å²) in [5.41, 5.74) is -0.0622. The van der Waals surface area contributed by atoms with Crippen LogP contribution in [0, 0.1) is 11.3 Å². The molecule has 1 aromatic heterocycles. The van der Waals surface area contributed by atoms with E-state index in [9.17, 15) is 27.9 Å². The van der Waals surface area contributed by atoms with Crippen molar-refractivity contribution >= 4 is 38.6 Å². The number of likely N-dealkylation sites (tertiary alicyclic amines) is 1. The molecule has 1 saturated heterocycles. The van der Waals surface area contributed by atoms with Crippen LogP contribution >= 0.6 is 0 Å². The van der Waals surface area contributed by atoms with Crippen molar-refractivity contribution in [3.05, 3.63) is 54.6 Å². The van der Waals surface area contributed by atoms with Gasteiger partial charge < -0.3 is 24.8 Å². The van der Waals surface area contributed by atoms with E-state index in [2.05, 4.69) is 10.0 Å². The summed E-state index contributed by atoms with van der Waals surface area (Å²) in [5.74, 6) is -1.15. The SMILES string of the molecule is CCC1C[C@]1(NC(=O)[C@@H]1C[C@@H](Oc2cc(-c3ccccc3)nc3cc(OC)ccc23)CN1C(=O)[C@@H](O)C(C)(C)C)C(=O)NS(=O)(=O)C1CC1. The van der Waals surface area contributed by atoms with E-state index >= 15 is 0 Å². The number of aliphatic hydroxyl groups excluding tert-OH is 1. The number of carbonyl (C=O) groups is 3. The minimum atomic E-state index is -3.84. The molecule has 12 nitrogen and oxygen atoms in total. The van der Waals surface area contributed by atoms with Crippen LogP contribution < -0.4 is 19.5 Å². The molecule has 3 N–H and O–H groups in total. The van der Waals surface area contributed by atoms with E-state index < -0.39 is 62.2 Å². The third kappa shape index (κ3) is 6.96. The molecule has 3 aromatic rings. The number of carbonyl (C=O) groups excluding carboxylic acids is 3. The molecule has 6 rings (SSSR count). The van der Waals surface area contributed by atoms with Gasteiger partial charge in [0.25, 0.3) is 11.8 Å². The molecule has 3 aliphatic rings. The lowest BCUT2D eigenvalue weighted by molar-refractivity contribution is -0.150. The first-order chi connectivity index (χ1) is 23.2. The Bertz CT molecular complexity index is 1870. The first-order valence-electron chi connectivity index (χ1n) is 16.7. The fraction of sp³-hybridized carbons (Fsp3) is 0.500. The predicted molar refractivity (Wildman–Crippen MR) is 183 cm³/mol. The Hall–Kier alpha value is -4.23. The van der Waals surface area contributed by atoms with Crippen LogP contribution in [0.5, 0.6) is 11.5 Å². The molecule has 1 unspecified atom stereocenters. The summed E-state index contributed by atoms with van der Waals surface area (Å²) in [5, 5.41) is 14.0. The number of sulfonamides is 1. The summed E-state index contributed by atoms with van der Waals surface area (Å²) in [6, 6.07) is 15.8. The number of hydrogen-bond acceptors (Lipinski definition) is 9. The number of nitrogens with one attached hydrogen (secondary N) is 2. The highest BCUT2D eigenvalue weighted by atomic mass is 32.2. The fourth-order valence-electron chi connectivity index (χ4n) is 6.54. The van der Waals surface area contributed by atoms with Gasteiger partial charge in [-0.2, -0.15) is 0 Å². The van der Waals surface area contributed by atoms with E-state index in [4.69, 9.17) is 14.5 Å². The molecule has 2 saturated carbocycles. The van der Waals surface area contributed by atoms with Crippen molar-refractivity contribution in [1.29, 1.82) is 0 Å². The lowest BCUT2D eigenvalue weighted by Crippen LogP contribution is -2.58. The summed E-state index contributed by atoms with van der Waals surface area (Å²) < 4.78 is 39.5. The van der Waals surface area contributed by atoms with E-state index in [0.717, 1.165) is 5.56 Å². The van der Waals surface area contributed by atoms with Gasteiger partial charge in [-0.15, -0.1) is 0 Å². The van der Waals surface area contributed by atoms with Crippen LogP contribution in [0.4, 0.5) is 0 Å². The minimum absolute atomic E-state index is 0.00281. The number of aromatic nitrogens is 1. The van der Waals surface area contributed by atoms with Crippen LogP contribution in [0.15, 0.2) is 54.6 Å². The molecule has 2 aromatic carbocycles. The number of rotatable bonds is 11. The Kier molecular flexibility index (Phi) is 9.12. The van der Waals surface area contributed by atoms with Crippen molar-refractivity contribution in [3.8, 4) is 22.8 Å². The second-order valence-corrected chi connectivity index (χ2v) is 16.4. The van der Waals surface area contributed by atoms with Gasteiger partial charge in [0.15, 0.2) is 0 Å². The quantitative estimate of drug-likeness (QED) is 0.273. The zero-order valence-electron chi connectivity index (χ0n) is 28.4. The second kappa shape index (κ2) is 12.9. The topological polar surface area (TPSA) is 164 Å². The Balaban J connectivity index is 1.30. The number of pyridine rings is 1. The lowest BCUT2D eigenvalue weighted by Gasteiger charge is -2.32. The van der Waals surface area contributed by atoms with Crippen LogP contribution in [-0.4, -0.2) is 83.8 Å². The Morgan fingerprint density at radius 2 is 1.82 bits per heavy atom. The monoisotopic (exact) mass is 692 g/mol. The van der Waals surface area contributed by atoms with E-state index in [1.807, 2.05) is 55.5 Å². The molecular formula is C36H44N4O8S. The standard InChI is InChI=1S/C36H44N4O8S/c1-6-22-19-36(22,34(44)39-49(45,46)25-13-14-25)38-32(42)29-17-24(20-40(29)33(43)31(41)35(2,3)4)48-30-18-27(21-10-8-7-9-11-21)37-28-16-23(47-5)12-15-26(28)30/h7-12,15-16,18,22,24-25,29,31,41H,6,13-14,17,19-20H2,1-5H3,(H,38,42)(H,39,44)/t22?,24-,29+,31-,36-/m1/s1. The maximum atomic E-state index is 14.1. The first kappa shape index (κ1) is 34.6. The van der Waals surface area contributed by atoms with E-state index in [-0.39, 0.29) is 25.3 Å². The molecule has 13 heteroatoms. The van der Waals surface area contributed by atoms with Gasteiger partial charge >= 0.3 is 0 Å². The number of ether oxygens (including phenoxy) is 2. The van der Waals surface area contributed by atoms with Crippen molar-refractivity contribution in [2.75, 3.05) is 13.7 Å². The highest BCUT2D eigenvalue weighted by Gasteiger charge is 2.62. The first-order valence-corrected chi connectivity index (χ1v) is 18.3. The highest BCUT2D eigenvalue weighted by molar-refractivity contribution is 7.91. The Morgan fingerprint density at radius 3 is 2.43 bits per heavy atom. The molecule has 2 aliphatic carbocycles. The number of fused-ring (bicyclic) bond motifs is 1. The molecule has 2 heterocycles. The summed E-state index contributed by atoms with van der Waals surface area (Å²) in [4.78, 5) is 47.4. The van der Waals surface area contributed by atoms with Gasteiger partial charge in [-0.25, -0.2) is 13.4 Å². The zero-order valence-corrected chi connectivity index (χ0v) is 29.2. The Morgan fingerprint density at radius 1 is 1.10 bits per heavy atom. The third-order valence-corrected chi connectivity index (χ3v) is 11.6. The van der Waals surface area contributed by atoms with Gasteiger partial charge in [0, 0.05) is 29.5 Å². The molecule has 5 atom stereocenters. The van der Waals surface area contributed by atoms with Gasteiger partial charge in [0.2, 0.25) is 15.9 Å². The normalized spacial score (nSPS) is 24.3. The molecule has 1 aliphatic heterocycles. The van der Waals surface area contributed by atoms with Crippen molar-refractivity contribution in [2.45, 2.75) is 88.8 Å². The number of benzene rings is 2. The van der Waals surface area contributed by atoms with Crippen molar-refractivity contribution in [1.82, 2.24) is 19.9 Å². The number of hydrogen-bond donors (Lipinski definition) is 3. The molecule has 0 spiro atoms. The second-order valence-electron chi connectivity index (χ2n) is 14.5. The van der Waals surface area contributed by atoms with Crippen molar-refractivity contribution in [2.24, 2.45) is 11.3 Å². The molecule has 0 bridgehead atoms. The van der Waals surface area contributed by atoms with Crippen LogP contribution in [0.2, 0.25) is 0 Å². The molecule has 0 radical (unpaired) electrons. The van der Waals surface area contributed by atoms with Crippen molar-refractivity contribution in [3.63, 3.8) is 0 Å². The molecule has 49 heavy (non-hydrogen) atoms. The molecule has 3 fully saturated rings. The average molecular weight is 693 g/mol. The average Bonchev–Trinajstić information content (AvgIpc) is 4.00. The number of methoxy groups -OCH3 is 1. The van der Waals surface area contributed by atoms with Crippen molar-refractivity contribution < 1.29 is 37.4 Å². The maximum Gasteiger partial charge on any atom is 0.259 e. The van der Waals surface area contributed by atoms with Gasteiger partial charge in [0.05, 0.1) is 30.1 Å². The van der Waals surface area contributed by atoms with Gasteiger partial charge in [-0.3, -0.25) is 19.1 Å². The van der Waals surface area contributed by atoms with Gasteiger partial charge in [0.1, 0.15) is 35.3 Å². The molecular weight excluding hydrogens is 648 g/mol. The summed E-state index contributed by atoms with van der Waals surface area (Å²) in [7, 11) is -2.26. The fourth-order valence-corrected chi connectivity index (χ4v) is 7.90. The third-order valence-electron chi connectivity index (χ3n) is 9.79. The van der Waals surface area contributed by atoms with E-state index in [0.29, 0.717) is 47.4 Å². The lowest BCUT2D eigenvalue weighted by atomic mass is 9.88. The van der Waals surface area contributed by atoms with Crippen LogP contribution in [0.25, 0.3) is 22.2 Å². The predicted octanol–water partition coefficient (Wildman–Crippen LogP) is 3.56. The summed E-state index contributed by atoms with van der Waals surface area (Å²) in [6.07, 6.45) is -0.199.